The number of hydrogen-bond donors (Lipinski definition) is 1. The fourth-order valence-corrected chi connectivity index (χ4v) is 2.49. The molecule has 3 nitrogen and oxygen atoms in total. The Kier molecular flexibility index (Phi) is 5.15. The number of carboxylic acids is 1. The fourth-order valence-electron chi connectivity index (χ4n) is 2.49. The van der Waals surface area contributed by atoms with Crippen molar-refractivity contribution in [3.63, 3.8) is 0 Å². The number of carbonyl (C=O) groups is 1. The molecule has 0 aliphatic rings. The van der Waals surface area contributed by atoms with E-state index in [1.54, 1.807) is 13.8 Å². The summed E-state index contributed by atoms with van der Waals surface area (Å²) >= 11 is 0. The van der Waals surface area contributed by atoms with Crippen molar-refractivity contribution in [2.45, 2.75) is 33.4 Å². The third-order valence-corrected chi connectivity index (χ3v) is 3.68. The molecule has 0 saturated heterocycles. The highest BCUT2D eigenvalue weighted by Crippen LogP contribution is 2.36. The smallest absolute Gasteiger partial charge is 0.417 e. The number of aryl methyl sites for hydroxylation is 1. The van der Waals surface area contributed by atoms with Crippen LogP contribution in [0.3, 0.4) is 0 Å². The topological polar surface area (TPSA) is 50.2 Å². The van der Waals surface area contributed by atoms with E-state index in [4.69, 9.17) is 0 Å². The summed E-state index contributed by atoms with van der Waals surface area (Å²) in [6, 6.07) is 4.65. The maximum atomic E-state index is 13.8. The molecule has 0 bridgehead atoms. The molecule has 1 aromatic heterocycles. The van der Waals surface area contributed by atoms with Crippen molar-refractivity contribution in [1.29, 1.82) is 0 Å². The molecule has 2 rings (SSSR count). The lowest BCUT2D eigenvalue weighted by Crippen LogP contribution is -2.18. The molecule has 0 spiro atoms. The van der Waals surface area contributed by atoms with Crippen LogP contribution in [-0.4, -0.2) is 16.1 Å². The third-order valence-electron chi connectivity index (χ3n) is 3.68. The molecule has 0 amide bonds. The molecule has 1 aromatic carbocycles. The van der Waals surface area contributed by atoms with Gasteiger partial charge >= 0.3 is 12.1 Å². The number of alkyl halides is 3. The van der Waals surface area contributed by atoms with Crippen LogP contribution >= 0.6 is 0 Å². The predicted octanol–water partition coefficient (Wildman–Crippen LogP) is 5.11. The van der Waals surface area contributed by atoms with E-state index >= 15 is 0 Å². The molecule has 0 radical (unpaired) electrons. The third kappa shape index (κ3) is 4.15. The van der Waals surface area contributed by atoms with Crippen molar-refractivity contribution in [1.82, 2.24) is 4.98 Å². The van der Waals surface area contributed by atoms with E-state index in [-0.39, 0.29) is 29.3 Å². The van der Waals surface area contributed by atoms with Crippen LogP contribution in [0.1, 0.15) is 41.0 Å². The van der Waals surface area contributed by atoms with Crippen LogP contribution in [0.25, 0.3) is 11.3 Å². The number of aromatic carboxylic acids is 1. The summed E-state index contributed by atoms with van der Waals surface area (Å²) in [6.07, 6.45) is -4.80. The molecule has 25 heavy (non-hydrogen) atoms. The van der Waals surface area contributed by atoms with Gasteiger partial charge in [-0.25, -0.2) is 9.18 Å². The number of halogens is 4. The lowest BCUT2D eigenvalue weighted by atomic mass is 9.96. The van der Waals surface area contributed by atoms with Gasteiger partial charge < -0.3 is 5.11 Å². The quantitative estimate of drug-likeness (QED) is 0.775. The molecule has 0 unspecified atom stereocenters. The van der Waals surface area contributed by atoms with Crippen LogP contribution < -0.4 is 0 Å². The maximum absolute atomic E-state index is 13.8. The highest BCUT2D eigenvalue weighted by molar-refractivity contribution is 5.91. The molecule has 134 valence electrons. The Morgan fingerprint density at radius 2 is 1.88 bits per heavy atom. The van der Waals surface area contributed by atoms with Crippen molar-refractivity contribution < 1.29 is 27.5 Å². The average molecular weight is 355 g/mol. The van der Waals surface area contributed by atoms with E-state index in [1.165, 1.54) is 19.1 Å². The summed E-state index contributed by atoms with van der Waals surface area (Å²) in [6.45, 7) is 5.03. The zero-order valence-electron chi connectivity index (χ0n) is 13.9. The molecule has 0 fully saturated rings. The Balaban J connectivity index is 2.77. The highest BCUT2D eigenvalue weighted by atomic mass is 19.4. The van der Waals surface area contributed by atoms with E-state index in [9.17, 15) is 27.5 Å². The van der Waals surface area contributed by atoms with E-state index in [0.29, 0.717) is 11.6 Å². The van der Waals surface area contributed by atoms with Crippen LogP contribution in [-0.2, 0) is 12.6 Å². The first kappa shape index (κ1) is 18.9. The number of carboxylic acid groups (broad SMARTS) is 1. The second-order valence-corrected chi connectivity index (χ2v) is 6.24. The van der Waals surface area contributed by atoms with Gasteiger partial charge in [-0.15, -0.1) is 0 Å². The summed E-state index contributed by atoms with van der Waals surface area (Å²) in [5.74, 6) is -2.35. The molecular weight excluding hydrogens is 338 g/mol. The lowest BCUT2D eigenvalue weighted by molar-refractivity contribution is -0.138. The van der Waals surface area contributed by atoms with Crippen molar-refractivity contribution >= 4 is 5.97 Å². The number of hydrogen-bond acceptors (Lipinski definition) is 2. The minimum absolute atomic E-state index is 0.0624. The molecule has 1 N–H and O–H groups in total. The summed E-state index contributed by atoms with van der Waals surface area (Å²) in [5.41, 5.74) is -1.88. The Labute approximate surface area is 142 Å². The van der Waals surface area contributed by atoms with Gasteiger partial charge in [0.1, 0.15) is 5.82 Å². The second kappa shape index (κ2) is 6.82. The lowest BCUT2D eigenvalue weighted by Gasteiger charge is -2.17. The van der Waals surface area contributed by atoms with Gasteiger partial charge in [-0.2, -0.15) is 13.2 Å². The molecule has 0 aliphatic heterocycles. The number of benzene rings is 1. The van der Waals surface area contributed by atoms with Gasteiger partial charge in [0.05, 0.1) is 22.5 Å². The zero-order valence-corrected chi connectivity index (χ0v) is 13.9. The summed E-state index contributed by atoms with van der Waals surface area (Å²) in [5, 5.41) is 9.26. The first-order valence-electron chi connectivity index (χ1n) is 7.61. The predicted molar refractivity (Wildman–Crippen MR) is 84.9 cm³/mol. The Morgan fingerprint density at radius 1 is 1.24 bits per heavy atom. The minimum atomic E-state index is -4.86. The van der Waals surface area contributed by atoms with Crippen molar-refractivity contribution in [3.05, 3.63) is 52.5 Å². The van der Waals surface area contributed by atoms with Crippen molar-refractivity contribution in [3.8, 4) is 11.3 Å². The molecule has 0 saturated carbocycles. The largest absolute Gasteiger partial charge is 0.478 e. The van der Waals surface area contributed by atoms with Gasteiger partial charge in [0, 0.05) is 5.56 Å². The molecule has 0 atom stereocenters. The van der Waals surface area contributed by atoms with Crippen molar-refractivity contribution in [2.24, 2.45) is 5.92 Å². The molecule has 7 heteroatoms. The second-order valence-electron chi connectivity index (χ2n) is 6.24. The van der Waals surface area contributed by atoms with Crippen LogP contribution in [0.2, 0.25) is 0 Å². The van der Waals surface area contributed by atoms with Gasteiger partial charge in [-0.3, -0.25) is 4.98 Å². The number of rotatable bonds is 4. The summed E-state index contributed by atoms with van der Waals surface area (Å²) in [7, 11) is 0. The monoisotopic (exact) mass is 355 g/mol. The van der Waals surface area contributed by atoms with Crippen LogP contribution in [0.5, 0.6) is 0 Å². The van der Waals surface area contributed by atoms with Crippen LogP contribution in [0.4, 0.5) is 17.6 Å². The first-order chi connectivity index (χ1) is 11.5. The van der Waals surface area contributed by atoms with Gasteiger partial charge in [-0.05, 0) is 37.0 Å². The Bertz CT molecular complexity index is 813. The molecule has 2 aromatic rings. The zero-order chi connectivity index (χ0) is 18.9. The summed E-state index contributed by atoms with van der Waals surface area (Å²) < 4.78 is 54.0. The van der Waals surface area contributed by atoms with Gasteiger partial charge in [0.25, 0.3) is 0 Å². The van der Waals surface area contributed by atoms with Gasteiger partial charge in [-0.1, -0.05) is 26.0 Å². The molecular formula is C18H17F4NO2. The van der Waals surface area contributed by atoms with Crippen molar-refractivity contribution in [2.75, 3.05) is 0 Å². The minimum Gasteiger partial charge on any atom is -0.478 e. The van der Waals surface area contributed by atoms with E-state index in [2.05, 4.69) is 4.98 Å². The van der Waals surface area contributed by atoms with Crippen LogP contribution in [0, 0.1) is 18.7 Å². The maximum Gasteiger partial charge on any atom is 0.417 e. The number of pyridine rings is 1. The number of nitrogens with zero attached hydrogens (tertiary/aromatic N) is 1. The average Bonchev–Trinajstić information content (AvgIpc) is 2.47. The number of aromatic nitrogens is 1. The standard InChI is InChI=1S/C18H17F4NO2/c1-9(2)6-15-16(17(24)25)12(18(20,21)22)8-14(23-15)11-5-4-10(3)13(19)7-11/h4-5,7-9H,6H2,1-3H3,(H,24,25). The fraction of sp³-hybridized carbons (Fsp3) is 0.333. The van der Waals surface area contributed by atoms with Gasteiger partial charge in [0.2, 0.25) is 0 Å². The van der Waals surface area contributed by atoms with Gasteiger partial charge in [0.15, 0.2) is 0 Å². The van der Waals surface area contributed by atoms with E-state index in [0.717, 1.165) is 6.07 Å². The Hall–Kier alpha value is -2.44. The van der Waals surface area contributed by atoms with E-state index < -0.39 is 29.1 Å². The van der Waals surface area contributed by atoms with E-state index in [1.807, 2.05) is 0 Å². The molecule has 0 aliphatic carbocycles. The normalized spacial score (nSPS) is 11.8. The SMILES string of the molecule is Cc1ccc(-c2cc(C(F)(F)F)c(C(=O)O)c(CC(C)C)n2)cc1F. The summed E-state index contributed by atoms with van der Waals surface area (Å²) in [4.78, 5) is 15.5. The first-order valence-corrected chi connectivity index (χ1v) is 7.61. The Morgan fingerprint density at radius 3 is 2.36 bits per heavy atom. The highest BCUT2D eigenvalue weighted by Gasteiger charge is 2.38. The molecule has 1 heterocycles. The van der Waals surface area contributed by atoms with Crippen LogP contribution in [0.15, 0.2) is 24.3 Å².